The Balaban J connectivity index is 2.43. The van der Waals surface area contributed by atoms with Crippen molar-refractivity contribution in [3.05, 3.63) is 18.7 Å². The van der Waals surface area contributed by atoms with Gasteiger partial charge in [0.15, 0.2) is 5.82 Å². The summed E-state index contributed by atoms with van der Waals surface area (Å²) in [7, 11) is 1.51. The van der Waals surface area contributed by atoms with E-state index in [1.165, 1.54) is 13.4 Å². The minimum atomic E-state index is 0.259. The molecule has 0 atom stereocenters. The Morgan fingerprint density at radius 3 is 2.59 bits per heavy atom. The van der Waals surface area contributed by atoms with Crippen LogP contribution in [-0.4, -0.2) is 38.6 Å². The van der Waals surface area contributed by atoms with Crippen LogP contribution in [0.25, 0.3) is 11.4 Å². The third-order valence-corrected chi connectivity index (χ3v) is 1.95. The molecule has 7 nitrogen and oxygen atoms in total. The van der Waals surface area contributed by atoms with Crippen LogP contribution in [0.2, 0.25) is 0 Å². The molecule has 88 valence electrons. The van der Waals surface area contributed by atoms with E-state index in [9.17, 15) is 0 Å². The van der Waals surface area contributed by atoms with Crippen LogP contribution in [0.4, 0.5) is 5.95 Å². The third-order valence-electron chi connectivity index (χ3n) is 1.95. The first-order chi connectivity index (χ1) is 8.33. The maximum Gasteiger partial charge on any atom is 0.321 e. The lowest BCUT2D eigenvalue weighted by Crippen LogP contribution is -2.06. The number of rotatable bonds is 4. The van der Waals surface area contributed by atoms with E-state index in [-0.39, 0.29) is 6.01 Å². The predicted molar refractivity (Wildman–Crippen MR) is 61.6 cm³/mol. The second kappa shape index (κ2) is 5.15. The van der Waals surface area contributed by atoms with Crippen LogP contribution in [0.1, 0.15) is 6.92 Å². The average molecular weight is 232 g/mol. The fourth-order valence-electron chi connectivity index (χ4n) is 1.23. The molecule has 0 aliphatic heterocycles. The number of nitrogens with one attached hydrogen (secondary N) is 1. The molecule has 0 radical (unpaired) electrons. The van der Waals surface area contributed by atoms with Gasteiger partial charge in [-0.2, -0.15) is 15.0 Å². The zero-order valence-corrected chi connectivity index (χ0v) is 9.58. The van der Waals surface area contributed by atoms with E-state index in [4.69, 9.17) is 4.74 Å². The first-order valence-corrected chi connectivity index (χ1v) is 5.12. The molecule has 0 unspecified atom stereocenters. The van der Waals surface area contributed by atoms with Crippen molar-refractivity contribution < 1.29 is 4.74 Å². The van der Waals surface area contributed by atoms with Gasteiger partial charge in [-0.15, -0.1) is 0 Å². The van der Waals surface area contributed by atoms with Crippen molar-refractivity contribution in [1.29, 1.82) is 0 Å². The van der Waals surface area contributed by atoms with Crippen molar-refractivity contribution in [1.82, 2.24) is 24.9 Å². The summed E-state index contributed by atoms with van der Waals surface area (Å²) in [5.74, 6) is 0.951. The molecule has 1 N–H and O–H groups in total. The monoisotopic (exact) mass is 232 g/mol. The first kappa shape index (κ1) is 11.2. The van der Waals surface area contributed by atoms with E-state index in [1.807, 2.05) is 6.92 Å². The number of aromatic nitrogens is 5. The molecule has 17 heavy (non-hydrogen) atoms. The lowest BCUT2D eigenvalue weighted by molar-refractivity contribution is 0.379. The van der Waals surface area contributed by atoms with Gasteiger partial charge in [0.1, 0.15) is 6.33 Å². The van der Waals surface area contributed by atoms with Crippen molar-refractivity contribution in [2.75, 3.05) is 19.0 Å². The summed E-state index contributed by atoms with van der Waals surface area (Å²) in [5.41, 5.74) is 0.715. The topological polar surface area (TPSA) is 85.7 Å². The van der Waals surface area contributed by atoms with Crippen LogP contribution in [0.5, 0.6) is 6.01 Å². The highest BCUT2D eigenvalue weighted by Crippen LogP contribution is 2.16. The van der Waals surface area contributed by atoms with Gasteiger partial charge >= 0.3 is 6.01 Å². The maximum absolute atomic E-state index is 5.02. The van der Waals surface area contributed by atoms with Crippen LogP contribution in [0, 0.1) is 0 Å². The van der Waals surface area contributed by atoms with Gasteiger partial charge in [-0.1, -0.05) is 0 Å². The highest BCUT2D eigenvalue weighted by atomic mass is 16.5. The van der Waals surface area contributed by atoms with E-state index >= 15 is 0 Å². The lowest BCUT2D eigenvalue weighted by Gasteiger charge is -2.06. The molecule has 2 aromatic rings. The van der Waals surface area contributed by atoms with E-state index in [2.05, 4.69) is 30.2 Å². The van der Waals surface area contributed by atoms with E-state index < -0.39 is 0 Å². The highest BCUT2D eigenvalue weighted by Gasteiger charge is 2.08. The van der Waals surface area contributed by atoms with Crippen LogP contribution >= 0.6 is 0 Å². The van der Waals surface area contributed by atoms with Crippen LogP contribution < -0.4 is 10.1 Å². The number of nitrogens with zero attached hydrogens (tertiary/aromatic N) is 5. The van der Waals surface area contributed by atoms with Crippen molar-refractivity contribution >= 4 is 5.95 Å². The highest BCUT2D eigenvalue weighted by molar-refractivity contribution is 5.53. The minimum Gasteiger partial charge on any atom is -0.467 e. The molecule has 0 aliphatic carbocycles. The fourth-order valence-corrected chi connectivity index (χ4v) is 1.23. The molecule has 2 heterocycles. The molecular formula is C10H12N6O. The summed E-state index contributed by atoms with van der Waals surface area (Å²) in [6.07, 6.45) is 4.72. The molecule has 0 fully saturated rings. The second-order valence-corrected chi connectivity index (χ2v) is 3.13. The molecule has 0 bridgehead atoms. The molecule has 7 heteroatoms. The SMILES string of the molecule is CCNc1nc(OC)nc(-c2cncnc2)n1. The van der Waals surface area contributed by atoms with Gasteiger partial charge in [-0.05, 0) is 6.92 Å². The largest absolute Gasteiger partial charge is 0.467 e. The zero-order valence-electron chi connectivity index (χ0n) is 9.58. The third kappa shape index (κ3) is 2.63. The summed E-state index contributed by atoms with van der Waals surface area (Å²) < 4.78 is 5.02. The summed E-state index contributed by atoms with van der Waals surface area (Å²) in [6, 6.07) is 0.259. The number of anilines is 1. The maximum atomic E-state index is 5.02. The van der Waals surface area contributed by atoms with E-state index in [1.54, 1.807) is 12.4 Å². The summed E-state index contributed by atoms with van der Waals surface area (Å²) in [5, 5.41) is 3.01. The van der Waals surface area contributed by atoms with Gasteiger partial charge in [0.25, 0.3) is 0 Å². The molecular weight excluding hydrogens is 220 g/mol. The molecule has 0 saturated carbocycles. The molecule has 0 aliphatic rings. The molecule has 2 rings (SSSR count). The Morgan fingerprint density at radius 2 is 1.94 bits per heavy atom. The van der Waals surface area contributed by atoms with Crippen LogP contribution in [-0.2, 0) is 0 Å². The summed E-state index contributed by atoms with van der Waals surface area (Å²) in [6.45, 7) is 2.68. The standard InChI is InChI=1S/C10H12N6O/c1-3-13-9-14-8(15-10(16-9)17-2)7-4-11-6-12-5-7/h4-6H,3H2,1-2H3,(H,13,14,15,16). The van der Waals surface area contributed by atoms with Crippen LogP contribution in [0.3, 0.4) is 0 Å². The van der Waals surface area contributed by atoms with Crippen molar-refractivity contribution in [3.63, 3.8) is 0 Å². The predicted octanol–water partition coefficient (Wildman–Crippen LogP) is 0.769. The van der Waals surface area contributed by atoms with Gasteiger partial charge in [-0.3, -0.25) is 0 Å². The van der Waals surface area contributed by atoms with Crippen LogP contribution in [0.15, 0.2) is 18.7 Å². The number of hydrogen-bond acceptors (Lipinski definition) is 7. The Morgan fingerprint density at radius 1 is 1.18 bits per heavy atom. The van der Waals surface area contributed by atoms with Gasteiger partial charge in [0.2, 0.25) is 5.95 Å². The first-order valence-electron chi connectivity index (χ1n) is 5.12. The number of ether oxygens (including phenoxy) is 1. The Hall–Kier alpha value is -2.31. The zero-order chi connectivity index (χ0) is 12.1. The van der Waals surface area contributed by atoms with Gasteiger partial charge in [0, 0.05) is 18.9 Å². The van der Waals surface area contributed by atoms with Gasteiger partial charge < -0.3 is 10.1 Å². The molecule has 0 spiro atoms. The smallest absolute Gasteiger partial charge is 0.321 e. The molecule has 2 aromatic heterocycles. The fraction of sp³-hybridized carbons (Fsp3) is 0.300. The summed E-state index contributed by atoms with van der Waals surface area (Å²) in [4.78, 5) is 20.3. The van der Waals surface area contributed by atoms with Crippen molar-refractivity contribution in [2.45, 2.75) is 6.92 Å². The summed E-state index contributed by atoms with van der Waals surface area (Å²) >= 11 is 0. The minimum absolute atomic E-state index is 0.259. The van der Waals surface area contributed by atoms with Gasteiger partial charge in [-0.25, -0.2) is 9.97 Å². The molecule has 0 saturated heterocycles. The Bertz CT molecular complexity index is 489. The normalized spacial score (nSPS) is 10.0. The quantitative estimate of drug-likeness (QED) is 0.833. The van der Waals surface area contributed by atoms with E-state index in [0.29, 0.717) is 17.3 Å². The van der Waals surface area contributed by atoms with Crippen molar-refractivity contribution in [3.8, 4) is 17.4 Å². The number of hydrogen-bond donors (Lipinski definition) is 1. The Kier molecular flexibility index (Phi) is 3.39. The second-order valence-electron chi connectivity index (χ2n) is 3.13. The van der Waals surface area contributed by atoms with Crippen molar-refractivity contribution in [2.24, 2.45) is 0 Å². The average Bonchev–Trinajstić information content (AvgIpc) is 2.40. The van der Waals surface area contributed by atoms with Gasteiger partial charge in [0.05, 0.1) is 12.7 Å². The lowest BCUT2D eigenvalue weighted by atomic mass is 10.3. The number of methoxy groups -OCH3 is 1. The van der Waals surface area contributed by atoms with E-state index in [0.717, 1.165) is 6.54 Å². The Labute approximate surface area is 98.3 Å². The molecule has 0 amide bonds. The molecule has 0 aromatic carbocycles.